The summed E-state index contributed by atoms with van der Waals surface area (Å²) < 4.78 is 6.06. The number of rotatable bonds is 21. The first-order valence-electron chi connectivity index (χ1n) is 21.9. The van der Waals surface area contributed by atoms with E-state index in [0.29, 0.717) is 11.8 Å². The second-order valence-corrected chi connectivity index (χ2v) is 17.4. The van der Waals surface area contributed by atoms with E-state index in [2.05, 4.69) is 172 Å². The number of hydrogen-bond donors (Lipinski definition) is 0. The van der Waals surface area contributed by atoms with E-state index in [1.165, 1.54) is 97.6 Å². The van der Waals surface area contributed by atoms with E-state index < -0.39 is 0 Å². The van der Waals surface area contributed by atoms with Crippen LogP contribution >= 0.6 is 15.9 Å². The first-order valence-corrected chi connectivity index (χ1v) is 23.0. The standard InChI is InChI=1S/C53H66BrNO/c1-7-11-15-41(9-3)37-53(38-42(10-4)16-12-8-2)51-35-40(6)19-31-49(51)50-32-22-44(36-52(50)53)43-20-25-46(26-21-43)55(45-23-17-39(5)18-24-45)47-27-29-48(30-28-47)56-34-14-13-33-54/h17-32,35-36,41-42H,7-16,33-34,37-38H2,1-6H3. The largest absolute Gasteiger partial charge is 0.494 e. The molecule has 0 aromatic heterocycles. The van der Waals surface area contributed by atoms with E-state index >= 15 is 0 Å². The van der Waals surface area contributed by atoms with E-state index in [1.54, 1.807) is 11.1 Å². The molecular formula is C53H66BrNO. The van der Waals surface area contributed by atoms with Crippen LogP contribution in [0.3, 0.4) is 0 Å². The number of anilines is 3. The Morgan fingerprint density at radius 1 is 0.554 bits per heavy atom. The van der Waals surface area contributed by atoms with Crippen LogP contribution in [-0.2, 0) is 5.41 Å². The van der Waals surface area contributed by atoms with Gasteiger partial charge in [-0.3, -0.25) is 0 Å². The van der Waals surface area contributed by atoms with Gasteiger partial charge in [0, 0.05) is 27.8 Å². The lowest BCUT2D eigenvalue weighted by atomic mass is 9.65. The molecular weight excluding hydrogens is 746 g/mol. The van der Waals surface area contributed by atoms with Crippen LogP contribution in [-0.4, -0.2) is 11.9 Å². The van der Waals surface area contributed by atoms with Crippen molar-refractivity contribution in [3.05, 3.63) is 131 Å². The Labute approximate surface area is 348 Å². The second kappa shape index (κ2) is 20.0. The van der Waals surface area contributed by atoms with Crippen molar-refractivity contribution >= 4 is 33.0 Å². The molecule has 6 rings (SSSR count). The molecule has 5 aromatic rings. The highest BCUT2D eigenvalue weighted by atomic mass is 79.9. The smallest absolute Gasteiger partial charge is 0.119 e. The van der Waals surface area contributed by atoms with Gasteiger partial charge in [0.1, 0.15) is 5.75 Å². The molecule has 296 valence electrons. The molecule has 0 N–H and O–H groups in total. The molecule has 0 bridgehead atoms. The second-order valence-electron chi connectivity index (χ2n) is 16.6. The van der Waals surface area contributed by atoms with Crippen molar-refractivity contribution in [3.63, 3.8) is 0 Å². The summed E-state index contributed by atoms with van der Waals surface area (Å²) in [5.74, 6) is 2.35. The number of alkyl halides is 1. The molecule has 0 aliphatic heterocycles. The van der Waals surface area contributed by atoms with Gasteiger partial charge in [-0.1, -0.05) is 161 Å². The predicted molar refractivity (Wildman–Crippen MR) is 247 cm³/mol. The number of hydrogen-bond acceptors (Lipinski definition) is 2. The first kappa shape index (κ1) is 41.8. The maximum Gasteiger partial charge on any atom is 0.119 e. The Morgan fingerprint density at radius 2 is 1.05 bits per heavy atom. The van der Waals surface area contributed by atoms with Crippen LogP contribution < -0.4 is 9.64 Å². The van der Waals surface area contributed by atoms with Crippen molar-refractivity contribution < 1.29 is 4.74 Å². The summed E-state index contributed by atoms with van der Waals surface area (Å²) in [5, 5.41) is 1.01. The minimum Gasteiger partial charge on any atom is -0.494 e. The lowest BCUT2D eigenvalue weighted by Crippen LogP contribution is -2.31. The number of halogens is 1. The molecule has 2 atom stereocenters. The minimum absolute atomic E-state index is 0.0293. The molecule has 0 spiro atoms. The molecule has 0 radical (unpaired) electrons. The third kappa shape index (κ3) is 9.64. The molecule has 1 aliphatic carbocycles. The average Bonchev–Trinajstić information content (AvgIpc) is 3.48. The van der Waals surface area contributed by atoms with Crippen molar-refractivity contribution in [2.75, 3.05) is 16.8 Å². The number of fused-ring (bicyclic) bond motifs is 3. The topological polar surface area (TPSA) is 12.5 Å². The molecule has 0 heterocycles. The first-order chi connectivity index (χ1) is 27.3. The molecule has 0 fully saturated rings. The van der Waals surface area contributed by atoms with Crippen molar-refractivity contribution in [1.82, 2.24) is 0 Å². The third-order valence-corrected chi connectivity index (χ3v) is 13.1. The molecule has 1 aliphatic rings. The molecule has 2 nitrogen and oxygen atoms in total. The van der Waals surface area contributed by atoms with E-state index in [9.17, 15) is 0 Å². The monoisotopic (exact) mass is 811 g/mol. The van der Waals surface area contributed by atoms with Gasteiger partial charge in [0.25, 0.3) is 0 Å². The molecule has 56 heavy (non-hydrogen) atoms. The van der Waals surface area contributed by atoms with Crippen LogP contribution in [0.2, 0.25) is 0 Å². The van der Waals surface area contributed by atoms with Crippen LogP contribution in [0.15, 0.2) is 109 Å². The molecule has 0 amide bonds. The van der Waals surface area contributed by atoms with Gasteiger partial charge in [-0.15, -0.1) is 0 Å². The van der Waals surface area contributed by atoms with Crippen molar-refractivity contribution in [1.29, 1.82) is 0 Å². The summed E-state index contributed by atoms with van der Waals surface area (Å²) in [6.07, 6.45) is 14.9. The fourth-order valence-corrected chi connectivity index (χ4v) is 9.60. The fourth-order valence-electron chi connectivity index (χ4n) is 9.21. The Morgan fingerprint density at radius 3 is 1.61 bits per heavy atom. The van der Waals surface area contributed by atoms with E-state index in [4.69, 9.17) is 4.74 Å². The molecule has 5 aromatic carbocycles. The zero-order chi connectivity index (χ0) is 39.5. The quantitative estimate of drug-likeness (QED) is 0.0541. The lowest BCUT2D eigenvalue weighted by molar-refractivity contribution is 0.266. The SMILES string of the molecule is CCCCC(CC)CC1(CC(CC)CCCC)c2cc(C)ccc2-c2ccc(-c3ccc(N(c4ccc(C)cc4)c4ccc(OCCCCBr)cc4)cc3)cc21. The summed E-state index contributed by atoms with van der Waals surface area (Å²) in [6.45, 7) is 14.7. The highest BCUT2D eigenvalue weighted by molar-refractivity contribution is 9.09. The minimum atomic E-state index is 0.0293. The van der Waals surface area contributed by atoms with Gasteiger partial charge >= 0.3 is 0 Å². The molecule has 0 saturated carbocycles. The van der Waals surface area contributed by atoms with Crippen LogP contribution in [0.1, 0.15) is 127 Å². The maximum atomic E-state index is 6.06. The lowest BCUT2D eigenvalue weighted by Gasteiger charge is -2.39. The molecule has 2 unspecified atom stereocenters. The maximum absolute atomic E-state index is 6.06. The van der Waals surface area contributed by atoms with Gasteiger partial charge in [-0.2, -0.15) is 0 Å². The molecule has 3 heteroatoms. The third-order valence-electron chi connectivity index (χ3n) is 12.5. The fraction of sp³-hybridized carbons (Fsp3) is 0.434. The number of aryl methyl sites for hydroxylation is 2. The van der Waals surface area contributed by atoms with Gasteiger partial charge in [-0.25, -0.2) is 0 Å². The summed E-state index contributed by atoms with van der Waals surface area (Å²) >= 11 is 3.52. The number of nitrogens with zero attached hydrogens (tertiary/aromatic N) is 1. The van der Waals surface area contributed by atoms with Crippen LogP contribution in [0, 0.1) is 25.7 Å². The predicted octanol–water partition coefficient (Wildman–Crippen LogP) is 16.5. The van der Waals surface area contributed by atoms with Crippen LogP contribution in [0.4, 0.5) is 17.1 Å². The van der Waals surface area contributed by atoms with Gasteiger partial charge in [0.05, 0.1) is 6.61 Å². The van der Waals surface area contributed by atoms with Crippen molar-refractivity contribution in [3.8, 4) is 28.0 Å². The highest BCUT2D eigenvalue weighted by Gasteiger charge is 2.45. The average molecular weight is 813 g/mol. The van der Waals surface area contributed by atoms with E-state index in [0.717, 1.165) is 47.6 Å². The Hall–Kier alpha value is -3.82. The normalized spacial score (nSPS) is 15.6. The number of benzene rings is 5. The summed E-state index contributed by atoms with van der Waals surface area (Å²) in [6, 6.07) is 41.4. The number of unbranched alkanes of at least 4 members (excludes halogenated alkanes) is 3. The van der Waals surface area contributed by atoms with Crippen molar-refractivity contribution in [2.45, 2.75) is 124 Å². The van der Waals surface area contributed by atoms with Crippen LogP contribution in [0.5, 0.6) is 5.75 Å². The van der Waals surface area contributed by atoms with E-state index in [1.807, 2.05) is 0 Å². The van der Waals surface area contributed by atoms with Gasteiger partial charge < -0.3 is 9.64 Å². The van der Waals surface area contributed by atoms with Crippen LogP contribution in [0.25, 0.3) is 22.3 Å². The van der Waals surface area contributed by atoms with Gasteiger partial charge in [0.15, 0.2) is 0 Å². The summed E-state index contributed by atoms with van der Waals surface area (Å²) in [4.78, 5) is 2.35. The van der Waals surface area contributed by atoms with Gasteiger partial charge in [-0.05, 0) is 139 Å². The zero-order valence-electron chi connectivity index (χ0n) is 35.2. The Kier molecular flexibility index (Phi) is 15.0. The van der Waals surface area contributed by atoms with Gasteiger partial charge in [0.2, 0.25) is 0 Å². The summed E-state index contributed by atoms with van der Waals surface area (Å²) in [5.41, 5.74) is 14.7. The summed E-state index contributed by atoms with van der Waals surface area (Å²) in [7, 11) is 0. The van der Waals surface area contributed by atoms with Crippen molar-refractivity contribution in [2.24, 2.45) is 11.8 Å². The molecule has 0 saturated heterocycles. The zero-order valence-corrected chi connectivity index (χ0v) is 36.8. The Balaban J connectivity index is 1.39. The van der Waals surface area contributed by atoms with E-state index in [-0.39, 0.29) is 5.41 Å². The number of ether oxygens (including phenoxy) is 1. The highest BCUT2D eigenvalue weighted by Crippen LogP contribution is 2.57. The Bertz CT molecular complexity index is 1940.